The topological polar surface area (TPSA) is 49.5 Å². The number of benzene rings is 1. The lowest BCUT2D eigenvalue weighted by molar-refractivity contribution is 0.238. The van der Waals surface area contributed by atoms with E-state index in [1.807, 2.05) is 13.0 Å². The van der Waals surface area contributed by atoms with Crippen molar-refractivity contribution in [1.82, 2.24) is 0 Å². The summed E-state index contributed by atoms with van der Waals surface area (Å²) in [5.41, 5.74) is 9.12. The zero-order valence-electron chi connectivity index (χ0n) is 9.11. The van der Waals surface area contributed by atoms with E-state index < -0.39 is 0 Å². The maximum Gasteiger partial charge on any atom is 0.0600 e. The molecule has 1 aromatic rings. The number of hydrogen-bond donors (Lipinski definition) is 2. The van der Waals surface area contributed by atoms with E-state index in [0.717, 1.165) is 30.9 Å². The van der Waals surface area contributed by atoms with E-state index in [0.29, 0.717) is 5.92 Å². The van der Waals surface area contributed by atoms with Crippen molar-refractivity contribution in [3.05, 3.63) is 23.8 Å². The first-order chi connectivity index (χ1) is 7.20. The standard InChI is InChI=1S/C12H18N2O/c1-9-2-3-12(11(13)6-9)14-5-4-10(7-14)8-15/h2-3,6,10,15H,4-5,7-8,13H2,1H3. The van der Waals surface area contributed by atoms with Crippen LogP contribution in [0.25, 0.3) is 0 Å². The van der Waals surface area contributed by atoms with Crippen LogP contribution in [0.1, 0.15) is 12.0 Å². The van der Waals surface area contributed by atoms with E-state index in [9.17, 15) is 0 Å². The third-order valence-corrected chi connectivity index (χ3v) is 3.07. The van der Waals surface area contributed by atoms with Crippen molar-refractivity contribution in [2.75, 3.05) is 30.3 Å². The van der Waals surface area contributed by atoms with Gasteiger partial charge in [-0.05, 0) is 31.0 Å². The van der Waals surface area contributed by atoms with Gasteiger partial charge in [-0.1, -0.05) is 6.07 Å². The van der Waals surface area contributed by atoms with E-state index in [2.05, 4.69) is 17.0 Å². The summed E-state index contributed by atoms with van der Waals surface area (Å²) in [7, 11) is 0. The quantitative estimate of drug-likeness (QED) is 0.719. The van der Waals surface area contributed by atoms with Crippen molar-refractivity contribution < 1.29 is 5.11 Å². The molecule has 0 radical (unpaired) electrons. The van der Waals surface area contributed by atoms with E-state index in [1.165, 1.54) is 5.56 Å². The zero-order valence-corrected chi connectivity index (χ0v) is 9.11. The highest BCUT2D eigenvalue weighted by atomic mass is 16.3. The number of aliphatic hydroxyl groups is 1. The van der Waals surface area contributed by atoms with Gasteiger partial charge in [0.1, 0.15) is 0 Å². The van der Waals surface area contributed by atoms with Gasteiger partial charge in [-0.25, -0.2) is 0 Å². The summed E-state index contributed by atoms with van der Waals surface area (Å²) in [6.07, 6.45) is 1.06. The summed E-state index contributed by atoms with van der Waals surface area (Å²) >= 11 is 0. The molecule has 1 saturated heterocycles. The normalized spacial score (nSPS) is 20.9. The van der Waals surface area contributed by atoms with Crippen LogP contribution in [-0.2, 0) is 0 Å². The monoisotopic (exact) mass is 206 g/mol. The molecule has 0 aromatic heterocycles. The molecule has 3 nitrogen and oxygen atoms in total. The second-order valence-corrected chi connectivity index (χ2v) is 4.35. The number of hydrogen-bond acceptors (Lipinski definition) is 3. The van der Waals surface area contributed by atoms with Crippen LogP contribution in [0.3, 0.4) is 0 Å². The van der Waals surface area contributed by atoms with Gasteiger partial charge in [0, 0.05) is 25.6 Å². The van der Waals surface area contributed by atoms with Crippen molar-refractivity contribution in [3.63, 3.8) is 0 Å². The summed E-state index contributed by atoms with van der Waals surface area (Å²) < 4.78 is 0. The predicted molar refractivity (Wildman–Crippen MR) is 63.0 cm³/mol. The molecule has 1 aromatic carbocycles. The molecule has 1 aliphatic rings. The molecule has 3 heteroatoms. The van der Waals surface area contributed by atoms with Crippen molar-refractivity contribution in [2.24, 2.45) is 5.92 Å². The fourth-order valence-electron chi connectivity index (χ4n) is 2.16. The largest absolute Gasteiger partial charge is 0.397 e. The van der Waals surface area contributed by atoms with Gasteiger partial charge in [0.15, 0.2) is 0 Å². The Labute approximate surface area is 90.5 Å². The van der Waals surface area contributed by atoms with Gasteiger partial charge >= 0.3 is 0 Å². The predicted octanol–water partition coefficient (Wildman–Crippen LogP) is 1.40. The van der Waals surface area contributed by atoms with Crippen molar-refractivity contribution in [3.8, 4) is 0 Å². The maximum absolute atomic E-state index is 9.09. The maximum atomic E-state index is 9.09. The van der Waals surface area contributed by atoms with E-state index >= 15 is 0 Å². The Morgan fingerprint density at radius 1 is 1.53 bits per heavy atom. The zero-order chi connectivity index (χ0) is 10.8. The first-order valence-corrected chi connectivity index (χ1v) is 5.42. The highest BCUT2D eigenvalue weighted by Gasteiger charge is 2.22. The molecule has 1 aliphatic heterocycles. The van der Waals surface area contributed by atoms with E-state index in [4.69, 9.17) is 10.8 Å². The summed E-state index contributed by atoms with van der Waals surface area (Å²) in [4.78, 5) is 2.26. The second-order valence-electron chi connectivity index (χ2n) is 4.35. The van der Waals surface area contributed by atoms with Gasteiger partial charge in [-0.15, -0.1) is 0 Å². The molecular formula is C12H18N2O. The van der Waals surface area contributed by atoms with Crippen LogP contribution in [0, 0.1) is 12.8 Å². The van der Waals surface area contributed by atoms with Crippen LogP contribution in [-0.4, -0.2) is 24.8 Å². The number of nitrogen functional groups attached to an aromatic ring is 1. The molecule has 15 heavy (non-hydrogen) atoms. The molecular weight excluding hydrogens is 188 g/mol. The Hall–Kier alpha value is -1.22. The molecule has 0 saturated carbocycles. The number of rotatable bonds is 2. The number of nitrogens with two attached hydrogens (primary N) is 1. The summed E-state index contributed by atoms with van der Waals surface area (Å²) in [5, 5.41) is 9.09. The minimum atomic E-state index is 0.280. The number of aliphatic hydroxyl groups excluding tert-OH is 1. The molecule has 0 spiro atoms. The molecule has 82 valence electrons. The molecule has 1 unspecified atom stereocenters. The Kier molecular flexibility index (Phi) is 2.82. The minimum absolute atomic E-state index is 0.280. The van der Waals surface area contributed by atoms with Crippen LogP contribution in [0.5, 0.6) is 0 Å². The lowest BCUT2D eigenvalue weighted by Crippen LogP contribution is -2.21. The molecule has 2 rings (SSSR count). The first-order valence-electron chi connectivity index (χ1n) is 5.42. The summed E-state index contributed by atoms with van der Waals surface area (Å²) in [6, 6.07) is 6.16. The van der Waals surface area contributed by atoms with Gasteiger partial charge in [0.2, 0.25) is 0 Å². The Morgan fingerprint density at radius 2 is 2.33 bits per heavy atom. The third kappa shape index (κ3) is 2.07. The van der Waals surface area contributed by atoms with Crippen LogP contribution >= 0.6 is 0 Å². The molecule has 0 bridgehead atoms. The number of anilines is 2. The van der Waals surface area contributed by atoms with E-state index in [-0.39, 0.29) is 6.61 Å². The molecule has 1 atom stereocenters. The summed E-state index contributed by atoms with van der Waals surface area (Å²) in [5.74, 6) is 0.408. The molecule has 3 N–H and O–H groups in total. The van der Waals surface area contributed by atoms with Gasteiger partial charge in [-0.3, -0.25) is 0 Å². The highest BCUT2D eigenvalue weighted by Crippen LogP contribution is 2.29. The second kappa shape index (κ2) is 4.11. The van der Waals surface area contributed by atoms with E-state index in [1.54, 1.807) is 0 Å². The van der Waals surface area contributed by atoms with Crippen molar-refractivity contribution >= 4 is 11.4 Å². The Bertz CT molecular complexity index is 351. The van der Waals surface area contributed by atoms with Crippen LogP contribution < -0.4 is 10.6 Å². The van der Waals surface area contributed by atoms with Gasteiger partial charge < -0.3 is 15.7 Å². The molecule has 0 amide bonds. The number of nitrogens with zero attached hydrogens (tertiary/aromatic N) is 1. The van der Waals surface area contributed by atoms with Crippen molar-refractivity contribution in [1.29, 1.82) is 0 Å². The first kappa shape index (κ1) is 10.3. The summed E-state index contributed by atoms with van der Waals surface area (Å²) in [6.45, 7) is 4.24. The lowest BCUT2D eigenvalue weighted by atomic mass is 10.1. The lowest BCUT2D eigenvalue weighted by Gasteiger charge is -2.20. The fourth-order valence-corrected chi connectivity index (χ4v) is 2.16. The van der Waals surface area contributed by atoms with Gasteiger partial charge in [0.05, 0.1) is 11.4 Å². The van der Waals surface area contributed by atoms with Gasteiger partial charge in [-0.2, -0.15) is 0 Å². The Balaban J connectivity index is 2.17. The van der Waals surface area contributed by atoms with Crippen LogP contribution in [0.15, 0.2) is 18.2 Å². The minimum Gasteiger partial charge on any atom is -0.397 e. The molecule has 1 fully saturated rings. The molecule has 1 heterocycles. The SMILES string of the molecule is Cc1ccc(N2CCC(CO)C2)c(N)c1. The van der Waals surface area contributed by atoms with Gasteiger partial charge in [0.25, 0.3) is 0 Å². The molecule has 0 aliphatic carbocycles. The Morgan fingerprint density at radius 3 is 2.93 bits per heavy atom. The third-order valence-electron chi connectivity index (χ3n) is 3.07. The van der Waals surface area contributed by atoms with Crippen LogP contribution in [0.2, 0.25) is 0 Å². The highest BCUT2D eigenvalue weighted by molar-refractivity contribution is 5.68. The fraction of sp³-hybridized carbons (Fsp3) is 0.500. The smallest absolute Gasteiger partial charge is 0.0600 e. The number of aryl methyl sites for hydroxylation is 1. The van der Waals surface area contributed by atoms with Crippen LogP contribution in [0.4, 0.5) is 11.4 Å². The average Bonchev–Trinajstić information content (AvgIpc) is 2.66. The average molecular weight is 206 g/mol. The van der Waals surface area contributed by atoms with Crippen molar-refractivity contribution in [2.45, 2.75) is 13.3 Å².